The summed E-state index contributed by atoms with van der Waals surface area (Å²) >= 11 is 0.916. The summed E-state index contributed by atoms with van der Waals surface area (Å²) in [6, 6.07) is 2.23. The Kier molecular flexibility index (Phi) is 3.16. The molecule has 1 aromatic heterocycles. The Labute approximate surface area is 77.3 Å². The van der Waals surface area contributed by atoms with Crippen molar-refractivity contribution in [3.05, 3.63) is 23.9 Å². The van der Waals surface area contributed by atoms with Crippen LogP contribution in [0, 0.1) is 0 Å². The molecule has 1 rings (SSSR count). The Morgan fingerprint density at radius 1 is 1.38 bits per heavy atom. The zero-order valence-corrected chi connectivity index (χ0v) is 7.45. The summed E-state index contributed by atoms with van der Waals surface area (Å²) in [5.41, 5.74) is -0.757. The van der Waals surface area contributed by atoms with Gasteiger partial charge in [-0.1, -0.05) is 0 Å². The lowest BCUT2D eigenvalue weighted by Gasteiger charge is -2.05. The maximum atomic E-state index is 12.0. The third-order valence-electron chi connectivity index (χ3n) is 1.23. The summed E-state index contributed by atoms with van der Waals surface area (Å²) in [5.74, 6) is 0. The predicted molar refractivity (Wildman–Crippen MR) is 42.1 cm³/mol. The van der Waals surface area contributed by atoms with Gasteiger partial charge in [0, 0.05) is 18.2 Å². The Morgan fingerprint density at radius 2 is 2.08 bits per heavy atom. The molecule has 0 radical (unpaired) electrons. The molecule has 0 N–H and O–H groups in total. The van der Waals surface area contributed by atoms with E-state index in [0.717, 1.165) is 24.3 Å². The third kappa shape index (κ3) is 2.89. The third-order valence-corrected chi connectivity index (χ3v) is 1.81. The molecular weight excluding hydrogens is 203 g/mol. The van der Waals surface area contributed by atoms with E-state index in [0.29, 0.717) is 5.03 Å². The largest absolute Gasteiger partial charge is 0.417 e. The number of hydrogen-bond donors (Lipinski definition) is 0. The van der Waals surface area contributed by atoms with E-state index < -0.39 is 11.7 Å². The molecule has 0 atom stereocenters. The maximum absolute atomic E-state index is 12.0. The first kappa shape index (κ1) is 10.3. The molecule has 0 unspecified atom stereocenters. The highest BCUT2D eigenvalue weighted by molar-refractivity contribution is 7.94. The number of alkyl halides is 3. The first-order valence-electron chi connectivity index (χ1n) is 3.28. The monoisotopic (exact) mass is 209 g/mol. The molecule has 72 valence electrons. The van der Waals surface area contributed by atoms with E-state index >= 15 is 0 Å². The van der Waals surface area contributed by atoms with Crippen LogP contribution in [0.25, 0.3) is 0 Å². The number of nitrogens with zero attached hydrogens (tertiary/aromatic N) is 1. The molecule has 13 heavy (non-hydrogen) atoms. The Morgan fingerprint density at radius 3 is 2.46 bits per heavy atom. The van der Waals surface area contributed by atoms with E-state index in [1.807, 2.05) is 0 Å². The molecule has 0 aliphatic carbocycles. The first-order valence-corrected chi connectivity index (χ1v) is 4.02. The zero-order chi connectivity index (χ0) is 9.90. The molecule has 0 spiro atoms. The van der Waals surface area contributed by atoms with E-state index in [9.17, 15) is 13.2 Å². The van der Waals surface area contributed by atoms with E-state index in [4.69, 9.17) is 0 Å². The van der Waals surface area contributed by atoms with Crippen molar-refractivity contribution >= 4 is 12.0 Å². The van der Waals surface area contributed by atoms with E-state index in [1.165, 1.54) is 13.2 Å². The summed E-state index contributed by atoms with van der Waals surface area (Å²) in [7, 11) is 1.42. The summed E-state index contributed by atoms with van der Waals surface area (Å²) in [6.45, 7) is 0. The Balaban J connectivity index is 2.81. The normalized spacial score (nSPS) is 11.7. The van der Waals surface area contributed by atoms with Crippen molar-refractivity contribution < 1.29 is 17.4 Å². The second-order valence-corrected chi connectivity index (χ2v) is 3.05. The van der Waals surface area contributed by atoms with Crippen LogP contribution in [0.1, 0.15) is 5.56 Å². The van der Waals surface area contributed by atoms with Gasteiger partial charge in [-0.25, -0.2) is 4.98 Å². The minimum Gasteiger partial charge on any atom is -0.312 e. The predicted octanol–water partition coefficient (Wildman–Crippen LogP) is 2.75. The van der Waals surface area contributed by atoms with Crippen LogP contribution in [-0.2, 0) is 10.4 Å². The standard InChI is InChI=1S/C7H6F3NOS/c1-12-13-6-3-2-5(4-11-6)7(8,9)10/h2-4H,1H3. The van der Waals surface area contributed by atoms with Gasteiger partial charge in [0.05, 0.1) is 12.7 Å². The smallest absolute Gasteiger partial charge is 0.312 e. The van der Waals surface area contributed by atoms with Crippen LogP contribution < -0.4 is 0 Å². The fourth-order valence-corrected chi connectivity index (χ4v) is 1.07. The van der Waals surface area contributed by atoms with Crippen LogP contribution in [0.15, 0.2) is 23.4 Å². The molecule has 0 aliphatic heterocycles. The molecule has 0 amide bonds. The minimum absolute atomic E-state index is 0.399. The molecule has 0 fully saturated rings. The van der Waals surface area contributed by atoms with Gasteiger partial charge in [-0.15, -0.1) is 0 Å². The van der Waals surface area contributed by atoms with Crippen LogP contribution in [0.2, 0.25) is 0 Å². The van der Waals surface area contributed by atoms with Crippen molar-refractivity contribution in [2.24, 2.45) is 0 Å². The summed E-state index contributed by atoms with van der Waals surface area (Å²) in [4.78, 5) is 3.55. The highest BCUT2D eigenvalue weighted by Gasteiger charge is 2.30. The molecule has 0 aromatic carbocycles. The molecule has 0 bridgehead atoms. The number of halogens is 3. The SMILES string of the molecule is COSc1ccc(C(F)(F)F)cn1. The quantitative estimate of drug-likeness (QED) is 0.699. The fraction of sp³-hybridized carbons (Fsp3) is 0.286. The second-order valence-electron chi connectivity index (χ2n) is 2.13. The van der Waals surface area contributed by atoms with Crippen molar-refractivity contribution in [2.45, 2.75) is 11.2 Å². The number of pyridine rings is 1. The maximum Gasteiger partial charge on any atom is 0.417 e. The van der Waals surface area contributed by atoms with Gasteiger partial charge in [0.1, 0.15) is 5.03 Å². The van der Waals surface area contributed by atoms with Crippen molar-refractivity contribution in [1.82, 2.24) is 4.98 Å². The van der Waals surface area contributed by atoms with Gasteiger partial charge in [-0.05, 0) is 12.1 Å². The highest BCUT2D eigenvalue weighted by atomic mass is 32.2. The summed E-state index contributed by atoms with van der Waals surface area (Å²) in [5, 5.41) is 0.399. The Hall–Kier alpha value is -0.750. The number of rotatable bonds is 2. The molecule has 2 nitrogen and oxygen atoms in total. The van der Waals surface area contributed by atoms with Gasteiger partial charge in [0.2, 0.25) is 0 Å². The van der Waals surface area contributed by atoms with E-state index in [-0.39, 0.29) is 0 Å². The highest BCUT2D eigenvalue weighted by Crippen LogP contribution is 2.29. The van der Waals surface area contributed by atoms with Gasteiger partial charge < -0.3 is 4.18 Å². The molecule has 0 aliphatic rings. The molecule has 1 aromatic rings. The van der Waals surface area contributed by atoms with Gasteiger partial charge in [-0.3, -0.25) is 0 Å². The lowest BCUT2D eigenvalue weighted by Crippen LogP contribution is -2.04. The van der Waals surface area contributed by atoms with Crippen LogP contribution in [-0.4, -0.2) is 12.1 Å². The minimum atomic E-state index is -4.33. The molecule has 0 saturated heterocycles. The first-order chi connectivity index (χ1) is 6.04. The topological polar surface area (TPSA) is 22.1 Å². The average Bonchev–Trinajstić information content (AvgIpc) is 2.04. The van der Waals surface area contributed by atoms with Crippen molar-refractivity contribution in [1.29, 1.82) is 0 Å². The van der Waals surface area contributed by atoms with Crippen molar-refractivity contribution in [2.75, 3.05) is 7.11 Å². The van der Waals surface area contributed by atoms with Crippen molar-refractivity contribution in [3.8, 4) is 0 Å². The zero-order valence-electron chi connectivity index (χ0n) is 6.63. The second kappa shape index (κ2) is 3.97. The lowest BCUT2D eigenvalue weighted by molar-refractivity contribution is -0.137. The van der Waals surface area contributed by atoms with Crippen LogP contribution >= 0.6 is 12.0 Å². The molecular formula is C7H6F3NOS. The van der Waals surface area contributed by atoms with E-state index in [1.54, 1.807) is 0 Å². The van der Waals surface area contributed by atoms with E-state index in [2.05, 4.69) is 9.17 Å². The average molecular weight is 209 g/mol. The molecule has 6 heteroatoms. The molecule has 1 heterocycles. The van der Waals surface area contributed by atoms with Crippen LogP contribution in [0.3, 0.4) is 0 Å². The van der Waals surface area contributed by atoms with Crippen LogP contribution in [0.5, 0.6) is 0 Å². The Bertz CT molecular complexity index is 272. The number of hydrogen-bond acceptors (Lipinski definition) is 3. The van der Waals surface area contributed by atoms with Gasteiger partial charge in [0.25, 0.3) is 0 Å². The van der Waals surface area contributed by atoms with Gasteiger partial charge in [-0.2, -0.15) is 13.2 Å². The summed E-state index contributed by atoms with van der Waals surface area (Å²) in [6.07, 6.45) is -3.55. The number of aromatic nitrogens is 1. The van der Waals surface area contributed by atoms with Crippen LogP contribution in [0.4, 0.5) is 13.2 Å². The van der Waals surface area contributed by atoms with Gasteiger partial charge >= 0.3 is 6.18 Å². The summed E-state index contributed by atoms with van der Waals surface area (Å²) < 4.78 is 40.7. The molecule has 0 saturated carbocycles. The lowest BCUT2D eigenvalue weighted by atomic mass is 10.3. The van der Waals surface area contributed by atoms with Gasteiger partial charge in [0.15, 0.2) is 0 Å². The fourth-order valence-electron chi connectivity index (χ4n) is 0.683. The van der Waals surface area contributed by atoms with Crippen molar-refractivity contribution in [3.63, 3.8) is 0 Å².